The van der Waals surface area contributed by atoms with Gasteiger partial charge in [0.1, 0.15) is 0 Å². The third-order valence-electron chi connectivity index (χ3n) is 3.01. The van der Waals surface area contributed by atoms with Crippen LogP contribution in [-0.2, 0) is 0 Å². The molecule has 0 atom stereocenters. The van der Waals surface area contributed by atoms with Crippen LogP contribution in [0.4, 0.5) is 0 Å². The number of rotatable bonds is 6. The van der Waals surface area contributed by atoms with E-state index in [4.69, 9.17) is 0 Å². The summed E-state index contributed by atoms with van der Waals surface area (Å²) >= 11 is 3.39. The number of amides is 1. The number of hydrogen-bond donors (Lipinski definition) is 1. The van der Waals surface area contributed by atoms with Gasteiger partial charge in [-0.15, -0.1) is 23.1 Å². The highest BCUT2D eigenvalue weighted by molar-refractivity contribution is 7.99. The lowest BCUT2D eigenvalue weighted by Crippen LogP contribution is -2.23. The second-order valence-electron chi connectivity index (χ2n) is 4.62. The third kappa shape index (κ3) is 4.39. The van der Waals surface area contributed by atoms with Crippen molar-refractivity contribution in [2.45, 2.75) is 25.2 Å². The summed E-state index contributed by atoms with van der Waals surface area (Å²) in [5.41, 5.74) is 1.19. The van der Waals surface area contributed by atoms with E-state index >= 15 is 0 Å². The second-order valence-corrected chi connectivity index (χ2v) is 7.05. The molecule has 0 unspecified atom stereocenters. The second kappa shape index (κ2) is 7.50. The lowest BCUT2D eigenvalue weighted by atomic mass is 10.3. The summed E-state index contributed by atoms with van der Waals surface area (Å²) in [5, 5.41) is 2.98. The molecular formula is C16H19NOS2. The molecule has 1 aromatic heterocycles. The smallest absolute Gasteiger partial charge is 0.261 e. The summed E-state index contributed by atoms with van der Waals surface area (Å²) in [6, 6.07) is 12.3. The van der Waals surface area contributed by atoms with Gasteiger partial charge in [0.15, 0.2) is 0 Å². The minimum Gasteiger partial charge on any atom is -0.351 e. The number of thiophene rings is 1. The van der Waals surface area contributed by atoms with E-state index in [0.29, 0.717) is 0 Å². The molecule has 0 fully saturated rings. The molecule has 0 aliphatic heterocycles. The zero-order valence-corrected chi connectivity index (χ0v) is 13.4. The normalized spacial score (nSPS) is 10.5. The van der Waals surface area contributed by atoms with Crippen molar-refractivity contribution < 1.29 is 4.79 Å². The largest absolute Gasteiger partial charge is 0.351 e. The highest BCUT2D eigenvalue weighted by Crippen LogP contribution is 2.20. The molecule has 1 heterocycles. The molecule has 0 bridgehead atoms. The van der Waals surface area contributed by atoms with Crippen molar-refractivity contribution in [2.24, 2.45) is 0 Å². The van der Waals surface area contributed by atoms with Gasteiger partial charge in [0.05, 0.1) is 4.88 Å². The van der Waals surface area contributed by atoms with Crippen LogP contribution < -0.4 is 5.32 Å². The molecule has 2 rings (SSSR count). The van der Waals surface area contributed by atoms with Gasteiger partial charge in [-0.1, -0.05) is 18.2 Å². The average molecular weight is 305 g/mol. The summed E-state index contributed by atoms with van der Waals surface area (Å²) in [6.45, 7) is 4.82. The number of aryl methyl sites for hydroxylation is 2. The van der Waals surface area contributed by atoms with Crippen molar-refractivity contribution >= 4 is 29.0 Å². The molecule has 1 amide bonds. The van der Waals surface area contributed by atoms with Crippen molar-refractivity contribution in [3.63, 3.8) is 0 Å². The topological polar surface area (TPSA) is 29.1 Å². The van der Waals surface area contributed by atoms with E-state index in [9.17, 15) is 4.79 Å². The number of carbonyl (C=O) groups excluding carboxylic acids is 1. The Balaban J connectivity index is 1.67. The summed E-state index contributed by atoms with van der Waals surface area (Å²) in [5.74, 6) is 1.07. The molecule has 4 heteroatoms. The number of benzene rings is 1. The van der Waals surface area contributed by atoms with Crippen molar-refractivity contribution in [2.75, 3.05) is 12.3 Å². The fraction of sp³-hybridized carbons (Fsp3) is 0.312. The summed E-state index contributed by atoms with van der Waals surface area (Å²) in [4.78, 5) is 15.2. The highest BCUT2D eigenvalue weighted by Gasteiger charge is 2.09. The number of thioether (sulfide) groups is 1. The zero-order chi connectivity index (χ0) is 14.4. The molecule has 0 saturated carbocycles. The highest BCUT2D eigenvalue weighted by atomic mass is 32.2. The Kier molecular flexibility index (Phi) is 5.68. The predicted molar refractivity (Wildman–Crippen MR) is 87.9 cm³/mol. The zero-order valence-electron chi connectivity index (χ0n) is 11.8. The molecule has 2 aromatic rings. The van der Waals surface area contributed by atoms with E-state index in [1.54, 1.807) is 11.3 Å². The van der Waals surface area contributed by atoms with Gasteiger partial charge >= 0.3 is 0 Å². The van der Waals surface area contributed by atoms with Crippen LogP contribution in [0.1, 0.15) is 26.5 Å². The van der Waals surface area contributed by atoms with Crippen LogP contribution in [0.2, 0.25) is 0 Å². The van der Waals surface area contributed by atoms with Gasteiger partial charge in [-0.3, -0.25) is 4.79 Å². The monoisotopic (exact) mass is 305 g/mol. The van der Waals surface area contributed by atoms with Gasteiger partial charge < -0.3 is 5.32 Å². The Hall–Kier alpha value is -1.26. The number of nitrogens with one attached hydrogen (secondary N) is 1. The first kappa shape index (κ1) is 15.1. The minimum absolute atomic E-state index is 0.0518. The molecule has 0 aliphatic carbocycles. The summed E-state index contributed by atoms with van der Waals surface area (Å²) in [6.07, 6.45) is 0.981. The number of carbonyl (C=O) groups is 1. The molecule has 0 aliphatic rings. The quantitative estimate of drug-likeness (QED) is 0.637. The van der Waals surface area contributed by atoms with Gasteiger partial charge in [0, 0.05) is 16.3 Å². The van der Waals surface area contributed by atoms with Crippen LogP contribution in [0.25, 0.3) is 0 Å². The van der Waals surface area contributed by atoms with Crippen LogP contribution >= 0.6 is 23.1 Å². The van der Waals surface area contributed by atoms with Gasteiger partial charge in [0.25, 0.3) is 5.91 Å². The van der Waals surface area contributed by atoms with E-state index < -0.39 is 0 Å². The first-order valence-electron chi connectivity index (χ1n) is 6.70. The predicted octanol–water partition coefficient (Wildman–Crippen LogP) is 4.28. The van der Waals surface area contributed by atoms with E-state index in [-0.39, 0.29) is 5.91 Å². The van der Waals surface area contributed by atoms with E-state index in [2.05, 4.69) is 17.4 Å². The molecule has 2 nitrogen and oxygen atoms in total. The molecular weight excluding hydrogens is 286 g/mol. The van der Waals surface area contributed by atoms with E-state index in [1.807, 2.05) is 49.9 Å². The van der Waals surface area contributed by atoms with Crippen LogP contribution in [-0.4, -0.2) is 18.2 Å². The van der Waals surface area contributed by atoms with Gasteiger partial charge in [-0.05, 0) is 49.8 Å². The maximum Gasteiger partial charge on any atom is 0.261 e. The Labute approximate surface area is 128 Å². The SMILES string of the molecule is Cc1cc(C(=O)NCCCSc2ccccc2)sc1C. The van der Waals surface area contributed by atoms with Crippen LogP contribution in [0.3, 0.4) is 0 Å². The Morgan fingerprint density at radius 3 is 2.65 bits per heavy atom. The molecule has 0 radical (unpaired) electrons. The van der Waals surface area contributed by atoms with Crippen molar-refractivity contribution in [1.82, 2.24) is 5.32 Å². The lowest BCUT2D eigenvalue weighted by molar-refractivity contribution is 0.0958. The van der Waals surface area contributed by atoms with Crippen molar-refractivity contribution in [3.05, 3.63) is 51.7 Å². The maximum absolute atomic E-state index is 11.9. The van der Waals surface area contributed by atoms with Crippen LogP contribution in [0, 0.1) is 13.8 Å². The molecule has 0 spiro atoms. The third-order valence-corrected chi connectivity index (χ3v) is 5.26. The molecule has 1 aromatic carbocycles. The summed E-state index contributed by atoms with van der Waals surface area (Å²) < 4.78 is 0. The van der Waals surface area contributed by atoms with Crippen LogP contribution in [0.5, 0.6) is 0 Å². The average Bonchev–Trinajstić information content (AvgIpc) is 2.79. The summed E-state index contributed by atoms with van der Waals surface area (Å²) in [7, 11) is 0. The van der Waals surface area contributed by atoms with Crippen molar-refractivity contribution in [3.8, 4) is 0 Å². The first-order chi connectivity index (χ1) is 9.66. The van der Waals surface area contributed by atoms with Gasteiger partial charge in [-0.25, -0.2) is 0 Å². The van der Waals surface area contributed by atoms with E-state index in [1.165, 1.54) is 15.3 Å². The lowest BCUT2D eigenvalue weighted by Gasteiger charge is -2.03. The fourth-order valence-electron chi connectivity index (χ4n) is 1.75. The molecule has 106 valence electrons. The molecule has 20 heavy (non-hydrogen) atoms. The first-order valence-corrected chi connectivity index (χ1v) is 8.50. The van der Waals surface area contributed by atoms with Gasteiger partial charge in [-0.2, -0.15) is 0 Å². The Morgan fingerprint density at radius 2 is 2.00 bits per heavy atom. The van der Waals surface area contributed by atoms with Gasteiger partial charge in [0.2, 0.25) is 0 Å². The number of hydrogen-bond acceptors (Lipinski definition) is 3. The molecule has 1 N–H and O–H groups in total. The van der Waals surface area contributed by atoms with Crippen LogP contribution in [0.15, 0.2) is 41.3 Å². The standard InChI is InChI=1S/C16H19NOS2/c1-12-11-15(20-13(12)2)16(18)17-9-6-10-19-14-7-4-3-5-8-14/h3-5,7-8,11H,6,9-10H2,1-2H3,(H,17,18). The fourth-order valence-corrected chi connectivity index (χ4v) is 3.58. The Morgan fingerprint density at radius 1 is 1.25 bits per heavy atom. The van der Waals surface area contributed by atoms with E-state index in [0.717, 1.165) is 23.6 Å². The Bertz CT molecular complexity index is 544. The van der Waals surface area contributed by atoms with Crippen molar-refractivity contribution in [1.29, 1.82) is 0 Å². The maximum atomic E-state index is 11.9. The minimum atomic E-state index is 0.0518. The molecule has 0 saturated heterocycles.